The van der Waals surface area contributed by atoms with E-state index in [1.54, 1.807) is 12.3 Å². The molecule has 0 unspecified atom stereocenters. The smallest absolute Gasteiger partial charge is 0.291 e. The Bertz CT molecular complexity index is 619. The Morgan fingerprint density at radius 2 is 2.00 bits per heavy atom. The quantitative estimate of drug-likeness (QED) is 0.670. The first-order valence-electron chi connectivity index (χ1n) is 6.19. The van der Waals surface area contributed by atoms with Gasteiger partial charge < -0.3 is 4.90 Å². The van der Waals surface area contributed by atoms with E-state index in [2.05, 4.69) is 20.7 Å². The van der Waals surface area contributed by atoms with Gasteiger partial charge in [0.2, 0.25) is 0 Å². The summed E-state index contributed by atoms with van der Waals surface area (Å²) in [7, 11) is 3.96. The Labute approximate surface area is 129 Å². The second-order valence-electron chi connectivity index (χ2n) is 4.62. The Hall–Kier alpha value is -2.34. The highest BCUT2D eigenvalue weighted by Crippen LogP contribution is 2.10. The van der Waals surface area contributed by atoms with Crippen LogP contribution in [0.1, 0.15) is 21.7 Å². The predicted octanol–water partition coefficient (Wildman–Crippen LogP) is 1.97. The molecule has 0 saturated carbocycles. The summed E-state index contributed by atoms with van der Waals surface area (Å²) in [4.78, 5) is 13.7. The van der Waals surface area contributed by atoms with Crippen molar-refractivity contribution in [2.45, 2.75) is 6.92 Å². The van der Waals surface area contributed by atoms with Gasteiger partial charge in [0.25, 0.3) is 5.91 Å². The molecule has 1 heterocycles. The lowest BCUT2D eigenvalue weighted by Crippen LogP contribution is -2.18. The van der Waals surface area contributed by atoms with Gasteiger partial charge in [-0.2, -0.15) is 10.2 Å². The number of hydrogen-bond donors (Lipinski definition) is 2. The number of benzene rings is 1. The normalized spacial score (nSPS) is 10.2. The molecular formula is C14H18ClN5O. The number of anilines is 1. The molecule has 6 nitrogen and oxygen atoms in total. The van der Waals surface area contributed by atoms with E-state index in [9.17, 15) is 4.79 Å². The number of nitrogens with zero attached hydrogens (tertiary/aromatic N) is 3. The molecule has 21 heavy (non-hydrogen) atoms. The number of H-pyrrole nitrogens is 1. The Balaban J connectivity index is 0.00000220. The largest absolute Gasteiger partial charge is 0.378 e. The first kappa shape index (κ1) is 16.7. The average molecular weight is 308 g/mol. The highest BCUT2D eigenvalue weighted by Gasteiger charge is 2.07. The standard InChI is InChI=1S/C14H17N5O.ClH/c1-10-8-13(17-16-10)14(20)18-15-9-11-4-6-12(7-5-11)19(2)3;/h4-9H,1-3H3,(H,16,17)(H,18,20);1H/b15-9+;. The van der Waals surface area contributed by atoms with Gasteiger partial charge in [-0.1, -0.05) is 12.1 Å². The van der Waals surface area contributed by atoms with E-state index in [4.69, 9.17) is 0 Å². The van der Waals surface area contributed by atoms with Crippen molar-refractivity contribution in [2.75, 3.05) is 19.0 Å². The molecule has 7 heteroatoms. The van der Waals surface area contributed by atoms with Crippen molar-refractivity contribution in [3.63, 3.8) is 0 Å². The van der Waals surface area contributed by atoms with Crippen LogP contribution in [0.3, 0.4) is 0 Å². The van der Waals surface area contributed by atoms with Crippen LogP contribution in [0.4, 0.5) is 5.69 Å². The van der Waals surface area contributed by atoms with Crippen molar-refractivity contribution in [1.82, 2.24) is 15.6 Å². The summed E-state index contributed by atoms with van der Waals surface area (Å²) in [6.07, 6.45) is 1.59. The Morgan fingerprint density at radius 1 is 1.33 bits per heavy atom. The SMILES string of the molecule is Cc1cc(C(=O)N/N=C/c2ccc(N(C)C)cc2)n[nH]1.Cl. The fourth-order valence-corrected chi connectivity index (χ4v) is 1.62. The zero-order valence-electron chi connectivity index (χ0n) is 12.1. The second-order valence-corrected chi connectivity index (χ2v) is 4.62. The minimum absolute atomic E-state index is 0. The summed E-state index contributed by atoms with van der Waals surface area (Å²) in [5, 5.41) is 10.5. The Kier molecular flexibility index (Phi) is 5.92. The third kappa shape index (κ3) is 4.61. The maximum atomic E-state index is 11.7. The maximum absolute atomic E-state index is 11.7. The van der Waals surface area contributed by atoms with E-state index in [-0.39, 0.29) is 18.3 Å². The number of hydrogen-bond acceptors (Lipinski definition) is 4. The van der Waals surface area contributed by atoms with E-state index >= 15 is 0 Å². The number of carbonyl (C=O) groups is 1. The highest BCUT2D eigenvalue weighted by molar-refractivity contribution is 5.93. The molecule has 0 saturated heterocycles. The molecule has 112 valence electrons. The van der Waals surface area contributed by atoms with Gasteiger partial charge in [-0.25, -0.2) is 5.43 Å². The molecule has 1 aromatic heterocycles. The Morgan fingerprint density at radius 3 is 2.52 bits per heavy atom. The first-order valence-corrected chi connectivity index (χ1v) is 6.19. The summed E-state index contributed by atoms with van der Waals surface area (Å²) in [6, 6.07) is 9.50. The molecule has 0 bridgehead atoms. The summed E-state index contributed by atoms with van der Waals surface area (Å²) in [6.45, 7) is 1.83. The zero-order valence-corrected chi connectivity index (χ0v) is 12.9. The number of aromatic amines is 1. The number of aryl methyl sites for hydroxylation is 1. The molecule has 0 spiro atoms. The van der Waals surface area contributed by atoms with E-state index in [1.807, 2.05) is 50.2 Å². The monoisotopic (exact) mass is 307 g/mol. The van der Waals surface area contributed by atoms with Gasteiger partial charge in [0.15, 0.2) is 5.69 Å². The molecule has 0 radical (unpaired) electrons. The van der Waals surface area contributed by atoms with Gasteiger partial charge in [-0.05, 0) is 30.7 Å². The van der Waals surface area contributed by atoms with Crippen LogP contribution in [0.5, 0.6) is 0 Å². The number of aromatic nitrogens is 2. The minimum atomic E-state index is -0.337. The number of halogens is 1. The van der Waals surface area contributed by atoms with Crippen LogP contribution in [-0.2, 0) is 0 Å². The lowest BCUT2D eigenvalue weighted by Gasteiger charge is -2.11. The van der Waals surface area contributed by atoms with Crippen molar-refractivity contribution >= 4 is 30.2 Å². The molecule has 0 atom stereocenters. The third-order valence-corrected chi connectivity index (χ3v) is 2.73. The molecule has 0 aliphatic carbocycles. The van der Waals surface area contributed by atoms with Crippen molar-refractivity contribution < 1.29 is 4.79 Å². The molecule has 2 N–H and O–H groups in total. The summed E-state index contributed by atoms with van der Waals surface area (Å²) in [5.74, 6) is -0.337. The lowest BCUT2D eigenvalue weighted by atomic mass is 10.2. The van der Waals surface area contributed by atoms with E-state index in [0.717, 1.165) is 16.9 Å². The molecular weight excluding hydrogens is 290 g/mol. The van der Waals surface area contributed by atoms with Gasteiger partial charge in [0.1, 0.15) is 0 Å². The van der Waals surface area contributed by atoms with Crippen LogP contribution in [0.2, 0.25) is 0 Å². The van der Waals surface area contributed by atoms with Gasteiger partial charge in [-0.3, -0.25) is 9.89 Å². The van der Waals surface area contributed by atoms with E-state index in [1.165, 1.54) is 0 Å². The molecule has 1 aromatic carbocycles. The fourth-order valence-electron chi connectivity index (χ4n) is 1.62. The molecule has 2 aromatic rings. The number of carbonyl (C=O) groups excluding carboxylic acids is 1. The van der Waals surface area contributed by atoms with Gasteiger partial charge in [0, 0.05) is 25.5 Å². The predicted molar refractivity (Wildman–Crippen MR) is 86.4 cm³/mol. The topological polar surface area (TPSA) is 73.4 Å². The third-order valence-electron chi connectivity index (χ3n) is 2.73. The number of amides is 1. The van der Waals surface area contributed by atoms with Crippen molar-refractivity contribution in [3.05, 3.63) is 47.3 Å². The van der Waals surface area contributed by atoms with Crippen LogP contribution < -0.4 is 10.3 Å². The van der Waals surface area contributed by atoms with Crippen LogP contribution in [-0.4, -0.2) is 36.4 Å². The maximum Gasteiger partial charge on any atom is 0.291 e. The molecule has 0 fully saturated rings. The fraction of sp³-hybridized carbons (Fsp3) is 0.214. The molecule has 0 aliphatic rings. The second kappa shape index (κ2) is 7.44. The van der Waals surface area contributed by atoms with Crippen molar-refractivity contribution in [2.24, 2.45) is 5.10 Å². The van der Waals surface area contributed by atoms with Gasteiger partial charge in [0.05, 0.1) is 6.21 Å². The lowest BCUT2D eigenvalue weighted by molar-refractivity contribution is 0.0950. The van der Waals surface area contributed by atoms with Crippen LogP contribution in [0.25, 0.3) is 0 Å². The summed E-state index contributed by atoms with van der Waals surface area (Å²) in [5.41, 5.74) is 5.61. The zero-order chi connectivity index (χ0) is 14.5. The van der Waals surface area contributed by atoms with Crippen molar-refractivity contribution in [1.29, 1.82) is 0 Å². The van der Waals surface area contributed by atoms with Gasteiger partial charge >= 0.3 is 0 Å². The van der Waals surface area contributed by atoms with E-state index in [0.29, 0.717) is 5.69 Å². The summed E-state index contributed by atoms with van der Waals surface area (Å²) >= 11 is 0. The molecule has 0 aliphatic heterocycles. The van der Waals surface area contributed by atoms with Crippen LogP contribution in [0, 0.1) is 6.92 Å². The van der Waals surface area contributed by atoms with Crippen molar-refractivity contribution in [3.8, 4) is 0 Å². The molecule has 2 rings (SSSR count). The molecule has 1 amide bonds. The highest BCUT2D eigenvalue weighted by atomic mass is 35.5. The van der Waals surface area contributed by atoms with Crippen LogP contribution in [0.15, 0.2) is 35.4 Å². The van der Waals surface area contributed by atoms with Gasteiger partial charge in [-0.15, -0.1) is 12.4 Å². The number of nitrogens with one attached hydrogen (secondary N) is 2. The first-order chi connectivity index (χ1) is 9.56. The van der Waals surface area contributed by atoms with E-state index < -0.39 is 0 Å². The summed E-state index contributed by atoms with van der Waals surface area (Å²) < 4.78 is 0. The van der Waals surface area contributed by atoms with Crippen LogP contribution >= 0.6 is 12.4 Å². The average Bonchev–Trinajstić information content (AvgIpc) is 2.86. The number of hydrazone groups is 1. The number of rotatable bonds is 4. The minimum Gasteiger partial charge on any atom is -0.378 e.